The maximum atomic E-state index is 11.4. The SMILES string of the molecule is CCC(O)(c1ccc(OCCCN2CCN(C)CC2)cc1)c1ccccc1OC. The Labute approximate surface area is 174 Å². The maximum Gasteiger partial charge on any atom is 0.125 e. The molecule has 1 aliphatic rings. The molecule has 5 nitrogen and oxygen atoms in total. The van der Waals surface area contributed by atoms with Crippen LogP contribution in [-0.4, -0.2) is 68.4 Å². The number of hydrogen-bond donors (Lipinski definition) is 1. The van der Waals surface area contributed by atoms with Gasteiger partial charge in [-0.05, 0) is 43.7 Å². The van der Waals surface area contributed by atoms with Gasteiger partial charge in [0.15, 0.2) is 0 Å². The van der Waals surface area contributed by atoms with E-state index in [2.05, 4.69) is 16.8 Å². The molecule has 3 rings (SSSR count). The van der Waals surface area contributed by atoms with Crippen molar-refractivity contribution in [3.8, 4) is 11.5 Å². The van der Waals surface area contributed by atoms with Gasteiger partial charge in [0.1, 0.15) is 17.1 Å². The molecule has 29 heavy (non-hydrogen) atoms. The zero-order chi connectivity index (χ0) is 20.7. The van der Waals surface area contributed by atoms with Crippen LogP contribution in [0.3, 0.4) is 0 Å². The summed E-state index contributed by atoms with van der Waals surface area (Å²) < 4.78 is 11.4. The zero-order valence-corrected chi connectivity index (χ0v) is 17.9. The molecule has 0 saturated carbocycles. The summed E-state index contributed by atoms with van der Waals surface area (Å²) in [6.07, 6.45) is 1.57. The lowest BCUT2D eigenvalue weighted by Gasteiger charge is -2.32. The van der Waals surface area contributed by atoms with E-state index in [1.165, 1.54) is 0 Å². The molecule has 5 heteroatoms. The van der Waals surface area contributed by atoms with Crippen molar-refractivity contribution in [1.82, 2.24) is 9.80 Å². The predicted molar refractivity (Wildman–Crippen MR) is 117 cm³/mol. The molecule has 158 valence electrons. The lowest BCUT2D eigenvalue weighted by molar-refractivity contribution is 0.0736. The molecule has 1 fully saturated rings. The van der Waals surface area contributed by atoms with Crippen molar-refractivity contribution >= 4 is 0 Å². The number of likely N-dealkylation sites (N-methyl/N-ethyl adjacent to an activating group) is 1. The summed E-state index contributed by atoms with van der Waals surface area (Å²) in [6, 6.07) is 15.4. The Morgan fingerprint density at radius 3 is 2.34 bits per heavy atom. The molecular weight excluding hydrogens is 364 g/mol. The highest BCUT2D eigenvalue weighted by atomic mass is 16.5. The topological polar surface area (TPSA) is 45.2 Å². The van der Waals surface area contributed by atoms with Crippen LogP contribution in [0.1, 0.15) is 30.9 Å². The van der Waals surface area contributed by atoms with Gasteiger partial charge in [0, 0.05) is 38.3 Å². The molecule has 1 N–H and O–H groups in total. The van der Waals surface area contributed by atoms with Gasteiger partial charge in [-0.15, -0.1) is 0 Å². The van der Waals surface area contributed by atoms with E-state index in [1.54, 1.807) is 7.11 Å². The Hall–Kier alpha value is -2.08. The fourth-order valence-corrected chi connectivity index (χ4v) is 3.91. The van der Waals surface area contributed by atoms with Gasteiger partial charge in [0.05, 0.1) is 13.7 Å². The highest BCUT2D eigenvalue weighted by molar-refractivity contribution is 5.45. The Balaban J connectivity index is 1.57. The quantitative estimate of drug-likeness (QED) is 0.657. The molecule has 2 aromatic carbocycles. The molecule has 1 aliphatic heterocycles. The number of piperazine rings is 1. The van der Waals surface area contributed by atoms with Crippen LogP contribution in [0, 0.1) is 0 Å². The fourth-order valence-electron chi connectivity index (χ4n) is 3.91. The summed E-state index contributed by atoms with van der Waals surface area (Å²) >= 11 is 0. The van der Waals surface area contributed by atoms with E-state index in [0.29, 0.717) is 18.8 Å². The van der Waals surface area contributed by atoms with E-state index < -0.39 is 5.60 Å². The Kier molecular flexibility index (Phi) is 7.53. The van der Waals surface area contributed by atoms with Gasteiger partial charge in [-0.2, -0.15) is 0 Å². The van der Waals surface area contributed by atoms with E-state index in [9.17, 15) is 5.11 Å². The number of para-hydroxylation sites is 1. The average molecular weight is 399 g/mol. The van der Waals surface area contributed by atoms with Gasteiger partial charge in [0.25, 0.3) is 0 Å². The maximum absolute atomic E-state index is 11.4. The molecule has 0 aliphatic carbocycles. The van der Waals surface area contributed by atoms with Gasteiger partial charge in [-0.1, -0.05) is 37.3 Å². The van der Waals surface area contributed by atoms with Crippen LogP contribution in [0.2, 0.25) is 0 Å². The van der Waals surface area contributed by atoms with Gasteiger partial charge in [-0.3, -0.25) is 0 Å². The van der Waals surface area contributed by atoms with Crippen LogP contribution >= 0.6 is 0 Å². The second-order valence-electron chi connectivity index (χ2n) is 7.79. The van der Waals surface area contributed by atoms with Crippen LogP contribution in [0.4, 0.5) is 0 Å². The molecule has 0 aromatic heterocycles. The van der Waals surface area contributed by atoms with E-state index in [4.69, 9.17) is 9.47 Å². The Morgan fingerprint density at radius 1 is 1.00 bits per heavy atom. The normalized spacial score (nSPS) is 17.7. The average Bonchev–Trinajstić information content (AvgIpc) is 2.77. The number of hydrogen-bond acceptors (Lipinski definition) is 5. The van der Waals surface area contributed by atoms with Gasteiger partial charge >= 0.3 is 0 Å². The van der Waals surface area contributed by atoms with Crippen molar-refractivity contribution in [2.24, 2.45) is 0 Å². The van der Waals surface area contributed by atoms with Crippen LogP contribution < -0.4 is 9.47 Å². The predicted octanol–water partition coefficient (Wildman–Crippen LogP) is 3.36. The van der Waals surface area contributed by atoms with Gasteiger partial charge in [0.2, 0.25) is 0 Å². The first-order valence-electron chi connectivity index (χ1n) is 10.6. The summed E-state index contributed by atoms with van der Waals surface area (Å²) in [7, 11) is 3.81. The molecular formula is C24H34N2O3. The summed E-state index contributed by atoms with van der Waals surface area (Å²) in [5, 5.41) is 11.4. The lowest BCUT2D eigenvalue weighted by Crippen LogP contribution is -2.44. The molecule has 0 amide bonds. The van der Waals surface area contributed by atoms with Crippen LogP contribution in [0.5, 0.6) is 11.5 Å². The minimum atomic E-state index is -1.09. The first-order valence-corrected chi connectivity index (χ1v) is 10.6. The monoisotopic (exact) mass is 398 g/mol. The summed E-state index contributed by atoms with van der Waals surface area (Å²) in [6.45, 7) is 8.35. The smallest absolute Gasteiger partial charge is 0.125 e. The Bertz CT molecular complexity index is 757. The number of rotatable bonds is 9. The van der Waals surface area contributed by atoms with Gasteiger partial charge in [-0.25, -0.2) is 0 Å². The number of benzene rings is 2. The molecule has 0 radical (unpaired) electrons. The van der Waals surface area contributed by atoms with Crippen molar-refractivity contribution in [2.75, 3.05) is 53.5 Å². The Morgan fingerprint density at radius 2 is 1.69 bits per heavy atom. The number of nitrogens with zero attached hydrogens (tertiary/aromatic N) is 2. The van der Waals surface area contributed by atoms with Crippen LogP contribution in [0.15, 0.2) is 48.5 Å². The molecule has 2 aromatic rings. The number of ether oxygens (including phenoxy) is 2. The molecule has 0 spiro atoms. The minimum Gasteiger partial charge on any atom is -0.496 e. The third-order valence-corrected chi connectivity index (χ3v) is 5.88. The number of methoxy groups -OCH3 is 1. The molecule has 1 saturated heterocycles. The summed E-state index contributed by atoms with van der Waals surface area (Å²) in [4.78, 5) is 4.87. The van der Waals surface area contributed by atoms with E-state index >= 15 is 0 Å². The van der Waals surface area contributed by atoms with Crippen molar-refractivity contribution in [3.05, 3.63) is 59.7 Å². The molecule has 1 heterocycles. The molecule has 1 atom stereocenters. The standard InChI is InChI=1S/C24H34N2O3/c1-4-24(27,22-8-5-6-9-23(22)28-3)20-10-12-21(13-11-20)29-19-7-14-26-17-15-25(2)16-18-26/h5-6,8-13,27H,4,7,14-19H2,1-3H3. The van der Waals surface area contributed by atoms with E-state index in [1.807, 2.05) is 55.5 Å². The summed E-state index contributed by atoms with van der Waals surface area (Å²) in [5.74, 6) is 1.53. The first kappa shape index (κ1) is 21.6. The minimum absolute atomic E-state index is 0.554. The second-order valence-corrected chi connectivity index (χ2v) is 7.79. The van der Waals surface area contributed by atoms with Crippen molar-refractivity contribution < 1.29 is 14.6 Å². The molecule has 1 unspecified atom stereocenters. The van der Waals surface area contributed by atoms with Crippen LogP contribution in [0.25, 0.3) is 0 Å². The van der Waals surface area contributed by atoms with Gasteiger partial charge < -0.3 is 24.4 Å². The van der Waals surface area contributed by atoms with Crippen molar-refractivity contribution in [2.45, 2.75) is 25.4 Å². The highest BCUT2D eigenvalue weighted by Gasteiger charge is 2.32. The molecule has 0 bridgehead atoms. The fraction of sp³-hybridized carbons (Fsp3) is 0.500. The highest BCUT2D eigenvalue weighted by Crippen LogP contribution is 2.38. The second kappa shape index (κ2) is 10.1. The third kappa shape index (κ3) is 5.30. The first-order chi connectivity index (χ1) is 14.1. The lowest BCUT2D eigenvalue weighted by atomic mass is 9.83. The van der Waals surface area contributed by atoms with Crippen molar-refractivity contribution in [3.63, 3.8) is 0 Å². The number of aliphatic hydroxyl groups is 1. The van der Waals surface area contributed by atoms with Crippen molar-refractivity contribution in [1.29, 1.82) is 0 Å². The third-order valence-electron chi connectivity index (χ3n) is 5.88. The van der Waals surface area contributed by atoms with Crippen LogP contribution in [-0.2, 0) is 5.60 Å². The van der Waals surface area contributed by atoms with E-state index in [-0.39, 0.29) is 0 Å². The zero-order valence-electron chi connectivity index (χ0n) is 17.9. The summed E-state index contributed by atoms with van der Waals surface area (Å²) in [5.41, 5.74) is 0.534. The van der Waals surface area contributed by atoms with E-state index in [0.717, 1.165) is 56.0 Å². The largest absolute Gasteiger partial charge is 0.496 e.